The zero-order valence-corrected chi connectivity index (χ0v) is 18.4. The van der Waals surface area contributed by atoms with Crippen molar-refractivity contribution in [2.75, 3.05) is 19.8 Å². The van der Waals surface area contributed by atoms with Crippen molar-refractivity contribution in [1.82, 2.24) is 9.88 Å². The third kappa shape index (κ3) is 3.20. The Hall–Kier alpha value is -1.82. The number of aromatic amines is 1. The van der Waals surface area contributed by atoms with E-state index in [-0.39, 0.29) is 5.91 Å². The second kappa shape index (κ2) is 7.46. The number of hydrogen-bond acceptors (Lipinski definition) is 2. The van der Waals surface area contributed by atoms with Crippen LogP contribution in [0.5, 0.6) is 0 Å². The Balaban J connectivity index is 1.52. The smallest absolute Gasteiger partial charge is 0.233 e. The summed E-state index contributed by atoms with van der Waals surface area (Å²) >= 11 is 9.92. The molecule has 29 heavy (non-hydrogen) atoms. The lowest BCUT2D eigenvalue weighted by Crippen LogP contribution is -2.51. The summed E-state index contributed by atoms with van der Waals surface area (Å²) in [6.45, 7) is 2.54. The van der Waals surface area contributed by atoms with Gasteiger partial charge in [-0.1, -0.05) is 35.9 Å². The number of nitrogens with one attached hydrogen (secondary N) is 1. The van der Waals surface area contributed by atoms with Crippen molar-refractivity contribution in [3.63, 3.8) is 0 Å². The van der Waals surface area contributed by atoms with Gasteiger partial charge in [-0.2, -0.15) is 0 Å². The number of halogens is 2. The van der Waals surface area contributed by atoms with Gasteiger partial charge in [-0.3, -0.25) is 4.79 Å². The van der Waals surface area contributed by atoms with Crippen LogP contribution in [0.25, 0.3) is 10.9 Å². The second-order valence-electron chi connectivity index (χ2n) is 7.93. The highest BCUT2D eigenvalue weighted by atomic mass is 79.9. The average Bonchev–Trinajstić information content (AvgIpc) is 3.13. The van der Waals surface area contributed by atoms with Crippen molar-refractivity contribution in [3.05, 3.63) is 68.8 Å². The van der Waals surface area contributed by atoms with Crippen molar-refractivity contribution in [2.24, 2.45) is 0 Å². The Labute approximate surface area is 183 Å². The van der Waals surface area contributed by atoms with E-state index >= 15 is 0 Å². The Morgan fingerprint density at radius 3 is 2.76 bits per heavy atom. The number of fused-ring (bicyclic) bond motifs is 3. The summed E-state index contributed by atoms with van der Waals surface area (Å²) in [5, 5.41) is 1.86. The molecule has 150 valence electrons. The van der Waals surface area contributed by atoms with Crippen LogP contribution in [0.4, 0.5) is 0 Å². The minimum atomic E-state index is -0.562. The Morgan fingerprint density at radius 2 is 1.97 bits per heavy atom. The molecule has 1 fully saturated rings. The van der Waals surface area contributed by atoms with E-state index in [0.29, 0.717) is 37.6 Å². The van der Waals surface area contributed by atoms with Crippen molar-refractivity contribution < 1.29 is 9.53 Å². The van der Waals surface area contributed by atoms with Crippen LogP contribution in [0.2, 0.25) is 5.02 Å². The second-order valence-corrected chi connectivity index (χ2v) is 9.22. The number of rotatable bonds is 2. The number of amides is 1. The Bertz CT molecular complexity index is 1090. The maximum Gasteiger partial charge on any atom is 0.233 e. The maximum absolute atomic E-state index is 13.9. The number of carbonyl (C=O) groups excluding carboxylic acids is 1. The zero-order chi connectivity index (χ0) is 20.0. The molecule has 1 N–H and O–H groups in total. The molecule has 6 heteroatoms. The fourth-order valence-corrected chi connectivity index (χ4v) is 5.47. The van der Waals surface area contributed by atoms with Gasteiger partial charge in [-0.15, -0.1) is 0 Å². The largest absolute Gasteiger partial charge is 0.381 e. The zero-order valence-electron chi connectivity index (χ0n) is 16.0. The van der Waals surface area contributed by atoms with E-state index in [4.69, 9.17) is 16.3 Å². The topological polar surface area (TPSA) is 45.3 Å². The lowest BCUT2D eigenvalue weighted by molar-refractivity contribution is -0.142. The van der Waals surface area contributed by atoms with Crippen LogP contribution in [0.3, 0.4) is 0 Å². The summed E-state index contributed by atoms with van der Waals surface area (Å²) in [7, 11) is 0. The van der Waals surface area contributed by atoms with Gasteiger partial charge in [-0.25, -0.2) is 0 Å². The first-order chi connectivity index (χ1) is 14.1. The third-order valence-corrected chi connectivity index (χ3v) is 7.28. The highest BCUT2D eigenvalue weighted by Gasteiger charge is 2.45. The standard InChI is InChI=1S/C23H22BrClN2O2/c24-19-6-2-5-17-18-14-27(10-7-20(18)26-21(17)19)22(28)23(8-11-29-12-9-23)15-3-1-4-16(25)13-15/h1-6,13,26H,7-12,14H2. The summed E-state index contributed by atoms with van der Waals surface area (Å²) in [6.07, 6.45) is 2.22. The summed E-state index contributed by atoms with van der Waals surface area (Å²) in [6, 6.07) is 14.0. The lowest BCUT2D eigenvalue weighted by Gasteiger charge is -2.41. The first-order valence-corrected chi connectivity index (χ1v) is 11.2. The average molecular weight is 474 g/mol. The first kappa shape index (κ1) is 19.2. The molecule has 0 atom stereocenters. The fourth-order valence-electron chi connectivity index (χ4n) is 4.81. The van der Waals surface area contributed by atoms with Gasteiger partial charge in [0.25, 0.3) is 0 Å². The molecule has 2 aromatic carbocycles. The van der Waals surface area contributed by atoms with Gasteiger partial charge in [0.15, 0.2) is 0 Å². The van der Waals surface area contributed by atoms with Crippen LogP contribution in [0.15, 0.2) is 46.9 Å². The molecule has 0 aliphatic carbocycles. The van der Waals surface area contributed by atoms with Gasteiger partial charge in [0.05, 0.1) is 10.9 Å². The SMILES string of the molecule is O=C(N1CCc2[nH]c3c(Br)cccc3c2C1)C1(c2cccc(Cl)c2)CCOCC1. The minimum Gasteiger partial charge on any atom is -0.381 e. The molecule has 1 amide bonds. The van der Waals surface area contributed by atoms with E-state index in [1.54, 1.807) is 0 Å². The summed E-state index contributed by atoms with van der Waals surface area (Å²) < 4.78 is 6.67. The van der Waals surface area contributed by atoms with Crippen molar-refractivity contribution in [3.8, 4) is 0 Å². The van der Waals surface area contributed by atoms with Gasteiger partial charge in [0.1, 0.15) is 0 Å². The highest BCUT2D eigenvalue weighted by Crippen LogP contribution is 2.40. The van der Waals surface area contributed by atoms with Crippen LogP contribution in [0, 0.1) is 0 Å². The van der Waals surface area contributed by atoms with E-state index in [2.05, 4.69) is 27.0 Å². The van der Waals surface area contributed by atoms with Gasteiger partial charge in [0.2, 0.25) is 5.91 Å². The van der Waals surface area contributed by atoms with E-state index in [0.717, 1.165) is 28.5 Å². The summed E-state index contributed by atoms with van der Waals surface area (Å²) in [4.78, 5) is 19.5. The number of nitrogens with zero attached hydrogens (tertiary/aromatic N) is 1. The highest BCUT2D eigenvalue weighted by molar-refractivity contribution is 9.10. The van der Waals surface area contributed by atoms with E-state index in [9.17, 15) is 4.79 Å². The molecule has 0 saturated carbocycles. The Kier molecular flexibility index (Phi) is 4.93. The maximum atomic E-state index is 13.9. The molecule has 0 radical (unpaired) electrons. The quantitative estimate of drug-likeness (QED) is 0.555. The lowest BCUT2D eigenvalue weighted by atomic mass is 9.72. The van der Waals surface area contributed by atoms with E-state index in [1.807, 2.05) is 41.3 Å². The molecule has 3 aromatic rings. The molecular formula is C23H22BrClN2O2. The summed E-state index contributed by atoms with van der Waals surface area (Å²) in [5.41, 5.74) is 4.02. The Morgan fingerprint density at radius 1 is 1.17 bits per heavy atom. The molecule has 2 aliphatic rings. The van der Waals surface area contributed by atoms with Gasteiger partial charge in [-0.05, 0) is 52.5 Å². The van der Waals surface area contributed by atoms with Crippen molar-refractivity contribution >= 4 is 44.3 Å². The molecular weight excluding hydrogens is 452 g/mol. The first-order valence-electron chi connectivity index (χ1n) is 10.00. The number of hydrogen-bond donors (Lipinski definition) is 1. The predicted molar refractivity (Wildman–Crippen MR) is 118 cm³/mol. The van der Waals surface area contributed by atoms with Crippen LogP contribution < -0.4 is 0 Å². The number of benzene rings is 2. The van der Waals surface area contributed by atoms with Gasteiger partial charge >= 0.3 is 0 Å². The molecule has 5 rings (SSSR count). The number of ether oxygens (including phenoxy) is 1. The number of aromatic nitrogens is 1. The molecule has 3 heterocycles. The van der Waals surface area contributed by atoms with E-state index < -0.39 is 5.41 Å². The number of para-hydroxylation sites is 1. The van der Waals surface area contributed by atoms with Crippen LogP contribution in [0.1, 0.15) is 29.7 Å². The monoisotopic (exact) mass is 472 g/mol. The van der Waals surface area contributed by atoms with Crippen LogP contribution in [-0.4, -0.2) is 35.5 Å². The summed E-state index contributed by atoms with van der Waals surface area (Å²) in [5.74, 6) is 0.193. The molecule has 1 aromatic heterocycles. The molecule has 2 aliphatic heterocycles. The molecule has 4 nitrogen and oxygen atoms in total. The predicted octanol–water partition coefficient (Wildman–Crippen LogP) is 5.22. The van der Waals surface area contributed by atoms with Crippen LogP contribution in [-0.2, 0) is 27.9 Å². The number of H-pyrrole nitrogens is 1. The van der Waals surface area contributed by atoms with Gasteiger partial charge < -0.3 is 14.6 Å². The third-order valence-electron chi connectivity index (χ3n) is 6.38. The molecule has 0 unspecified atom stereocenters. The fraction of sp³-hybridized carbons (Fsp3) is 0.348. The van der Waals surface area contributed by atoms with Crippen molar-refractivity contribution in [2.45, 2.75) is 31.2 Å². The van der Waals surface area contributed by atoms with Crippen molar-refractivity contribution in [1.29, 1.82) is 0 Å². The van der Waals surface area contributed by atoms with Gasteiger partial charge in [0, 0.05) is 58.9 Å². The molecule has 0 bridgehead atoms. The molecule has 0 spiro atoms. The molecule has 1 saturated heterocycles. The number of carbonyl (C=O) groups is 1. The normalized spacial score (nSPS) is 18.6. The van der Waals surface area contributed by atoms with E-state index in [1.165, 1.54) is 16.6 Å². The minimum absolute atomic E-state index is 0.193. The van der Waals surface area contributed by atoms with Crippen LogP contribution >= 0.6 is 27.5 Å².